The number of anilines is 1. The van der Waals surface area contributed by atoms with Crippen molar-refractivity contribution in [1.29, 1.82) is 0 Å². The fourth-order valence-corrected chi connectivity index (χ4v) is 4.10. The van der Waals surface area contributed by atoms with Gasteiger partial charge in [-0.1, -0.05) is 38.0 Å². The summed E-state index contributed by atoms with van der Waals surface area (Å²) >= 11 is 0. The van der Waals surface area contributed by atoms with E-state index in [1.54, 1.807) is 0 Å². The lowest BCUT2D eigenvalue weighted by molar-refractivity contribution is -0.0612. The highest BCUT2D eigenvalue weighted by Gasteiger charge is 2.43. The molecule has 3 atom stereocenters. The van der Waals surface area contributed by atoms with E-state index in [9.17, 15) is 5.11 Å². The summed E-state index contributed by atoms with van der Waals surface area (Å²) in [5, 5.41) is 10.8. The third-order valence-electron chi connectivity index (χ3n) is 5.54. The van der Waals surface area contributed by atoms with Crippen LogP contribution >= 0.6 is 0 Å². The number of piperidine rings is 1. The van der Waals surface area contributed by atoms with Gasteiger partial charge in [0.1, 0.15) is 0 Å². The number of para-hydroxylation sites is 1. The average Bonchev–Trinajstić information content (AvgIpc) is 2.53. The molecule has 2 aliphatic rings. The summed E-state index contributed by atoms with van der Waals surface area (Å²) in [4.78, 5) is 2.45. The van der Waals surface area contributed by atoms with E-state index in [0.29, 0.717) is 5.92 Å². The second-order valence-corrected chi connectivity index (χ2v) is 6.82. The Morgan fingerprint density at radius 1 is 1.33 bits per heavy atom. The van der Waals surface area contributed by atoms with Crippen molar-refractivity contribution < 1.29 is 5.11 Å². The first-order chi connectivity index (χ1) is 10.1. The highest BCUT2D eigenvalue weighted by Crippen LogP contribution is 2.41. The SMILES string of the molecule is CC[C@H](N)c1ccccc1N1CCC2(O)CCCCC2C1. The molecule has 1 heterocycles. The monoisotopic (exact) mass is 288 g/mol. The summed E-state index contributed by atoms with van der Waals surface area (Å²) < 4.78 is 0. The Morgan fingerprint density at radius 2 is 2.14 bits per heavy atom. The first kappa shape index (κ1) is 14.9. The zero-order chi connectivity index (χ0) is 14.9. The van der Waals surface area contributed by atoms with Gasteiger partial charge in [0.15, 0.2) is 0 Å². The highest BCUT2D eigenvalue weighted by atomic mass is 16.3. The van der Waals surface area contributed by atoms with Crippen LogP contribution in [-0.2, 0) is 0 Å². The fraction of sp³-hybridized carbons (Fsp3) is 0.667. The molecule has 3 N–H and O–H groups in total. The van der Waals surface area contributed by atoms with E-state index >= 15 is 0 Å². The number of benzene rings is 1. The van der Waals surface area contributed by atoms with Crippen LogP contribution in [0.2, 0.25) is 0 Å². The van der Waals surface area contributed by atoms with Crippen LogP contribution in [0.1, 0.15) is 57.1 Å². The van der Waals surface area contributed by atoms with E-state index in [2.05, 4.69) is 36.1 Å². The Hall–Kier alpha value is -1.06. The summed E-state index contributed by atoms with van der Waals surface area (Å²) in [5.41, 5.74) is 8.41. The molecule has 1 aromatic carbocycles. The summed E-state index contributed by atoms with van der Waals surface area (Å²) in [6, 6.07) is 8.63. The molecule has 21 heavy (non-hydrogen) atoms. The molecular formula is C18H28N2O. The molecule has 1 saturated heterocycles. The maximum atomic E-state index is 10.8. The second-order valence-electron chi connectivity index (χ2n) is 6.82. The van der Waals surface area contributed by atoms with Gasteiger partial charge in [0.25, 0.3) is 0 Å². The summed E-state index contributed by atoms with van der Waals surface area (Å²) in [5.74, 6) is 0.422. The van der Waals surface area contributed by atoms with Crippen molar-refractivity contribution in [2.45, 2.75) is 57.1 Å². The Bertz CT molecular complexity index is 490. The van der Waals surface area contributed by atoms with Gasteiger partial charge in [-0.25, -0.2) is 0 Å². The number of nitrogens with zero attached hydrogens (tertiary/aromatic N) is 1. The molecule has 0 bridgehead atoms. The lowest BCUT2D eigenvalue weighted by Gasteiger charge is -2.48. The van der Waals surface area contributed by atoms with Gasteiger partial charge >= 0.3 is 0 Å². The predicted octanol–water partition coefficient (Wildman–Crippen LogP) is 3.23. The number of hydrogen-bond donors (Lipinski definition) is 2. The van der Waals surface area contributed by atoms with Crippen molar-refractivity contribution in [2.75, 3.05) is 18.0 Å². The zero-order valence-electron chi connectivity index (χ0n) is 13.1. The van der Waals surface area contributed by atoms with Gasteiger partial charge in [-0.05, 0) is 37.3 Å². The summed E-state index contributed by atoms with van der Waals surface area (Å²) in [7, 11) is 0. The van der Waals surface area contributed by atoms with Gasteiger partial charge in [0.2, 0.25) is 0 Å². The molecule has 116 valence electrons. The van der Waals surface area contributed by atoms with Crippen LogP contribution in [0.4, 0.5) is 5.69 Å². The van der Waals surface area contributed by atoms with E-state index in [4.69, 9.17) is 5.73 Å². The molecule has 1 aliphatic carbocycles. The van der Waals surface area contributed by atoms with E-state index in [0.717, 1.165) is 38.8 Å². The summed E-state index contributed by atoms with van der Waals surface area (Å²) in [6.45, 7) is 4.06. The number of aliphatic hydroxyl groups is 1. The normalized spacial score (nSPS) is 30.8. The topological polar surface area (TPSA) is 49.5 Å². The molecule has 3 heteroatoms. The van der Waals surface area contributed by atoms with Gasteiger partial charge in [-0.15, -0.1) is 0 Å². The molecule has 0 spiro atoms. The predicted molar refractivity (Wildman–Crippen MR) is 87.4 cm³/mol. The molecule has 0 amide bonds. The maximum absolute atomic E-state index is 10.8. The quantitative estimate of drug-likeness (QED) is 0.898. The molecule has 1 aliphatic heterocycles. The van der Waals surface area contributed by atoms with Crippen molar-refractivity contribution in [1.82, 2.24) is 0 Å². The number of nitrogens with two attached hydrogens (primary N) is 1. The van der Waals surface area contributed by atoms with Crippen LogP contribution < -0.4 is 10.6 Å². The Labute approximate surface area is 128 Å². The second kappa shape index (κ2) is 5.98. The fourth-order valence-electron chi connectivity index (χ4n) is 4.10. The van der Waals surface area contributed by atoms with Crippen LogP contribution in [-0.4, -0.2) is 23.8 Å². The Kier molecular flexibility index (Phi) is 4.23. The van der Waals surface area contributed by atoms with Crippen LogP contribution in [0.25, 0.3) is 0 Å². The van der Waals surface area contributed by atoms with Gasteiger partial charge in [0.05, 0.1) is 5.60 Å². The minimum atomic E-state index is -0.406. The minimum Gasteiger partial charge on any atom is -0.389 e. The first-order valence-corrected chi connectivity index (χ1v) is 8.46. The molecule has 1 saturated carbocycles. The lowest BCUT2D eigenvalue weighted by Crippen LogP contribution is -2.53. The molecule has 2 fully saturated rings. The minimum absolute atomic E-state index is 0.105. The van der Waals surface area contributed by atoms with Crippen molar-refractivity contribution in [3.63, 3.8) is 0 Å². The van der Waals surface area contributed by atoms with Gasteiger partial charge in [-0.3, -0.25) is 0 Å². The molecule has 3 rings (SSSR count). The number of fused-ring (bicyclic) bond motifs is 1. The number of hydrogen-bond acceptors (Lipinski definition) is 3. The first-order valence-electron chi connectivity index (χ1n) is 8.46. The van der Waals surface area contributed by atoms with Crippen LogP contribution in [0.3, 0.4) is 0 Å². The van der Waals surface area contributed by atoms with Crippen molar-refractivity contribution in [3.05, 3.63) is 29.8 Å². The van der Waals surface area contributed by atoms with E-state index in [1.807, 2.05) is 0 Å². The van der Waals surface area contributed by atoms with Crippen molar-refractivity contribution >= 4 is 5.69 Å². The highest BCUT2D eigenvalue weighted by molar-refractivity contribution is 5.55. The smallest absolute Gasteiger partial charge is 0.0709 e. The lowest BCUT2D eigenvalue weighted by atomic mass is 9.71. The standard InChI is InChI=1S/C18H28N2O/c1-2-16(19)15-8-3-4-9-17(15)20-12-11-18(21)10-6-5-7-14(18)13-20/h3-4,8-9,14,16,21H,2,5-7,10-13,19H2,1H3/t14?,16-,18?/m0/s1. The van der Waals surface area contributed by atoms with Crippen LogP contribution in [0.5, 0.6) is 0 Å². The third kappa shape index (κ3) is 2.82. The molecule has 1 aromatic rings. The van der Waals surface area contributed by atoms with Crippen LogP contribution in [0.15, 0.2) is 24.3 Å². The average molecular weight is 288 g/mol. The van der Waals surface area contributed by atoms with E-state index in [-0.39, 0.29) is 6.04 Å². The molecule has 0 aromatic heterocycles. The largest absolute Gasteiger partial charge is 0.389 e. The summed E-state index contributed by atoms with van der Waals surface area (Å²) in [6.07, 6.45) is 6.45. The van der Waals surface area contributed by atoms with Crippen molar-refractivity contribution in [2.24, 2.45) is 11.7 Å². The van der Waals surface area contributed by atoms with Gasteiger partial charge in [0, 0.05) is 30.7 Å². The van der Waals surface area contributed by atoms with Crippen LogP contribution in [0, 0.1) is 5.92 Å². The van der Waals surface area contributed by atoms with E-state index < -0.39 is 5.60 Å². The molecule has 0 radical (unpaired) electrons. The number of rotatable bonds is 3. The van der Waals surface area contributed by atoms with E-state index in [1.165, 1.54) is 24.1 Å². The molecule has 2 unspecified atom stereocenters. The third-order valence-corrected chi connectivity index (χ3v) is 5.54. The van der Waals surface area contributed by atoms with Crippen molar-refractivity contribution in [3.8, 4) is 0 Å². The molecule has 3 nitrogen and oxygen atoms in total. The molecular weight excluding hydrogens is 260 g/mol. The Morgan fingerprint density at radius 3 is 2.95 bits per heavy atom. The Balaban J connectivity index is 1.82. The maximum Gasteiger partial charge on any atom is 0.0709 e. The zero-order valence-corrected chi connectivity index (χ0v) is 13.1. The van der Waals surface area contributed by atoms with Gasteiger partial charge < -0.3 is 15.7 Å². The van der Waals surface area contributed by atoms with Gasteiger partial charge in [-0.2, -0.15) is 0 Å².